The average Bonchev–Trinajstić information content (AvgIpc) is 2.49. The van der Waals surface area contributed by atoms with Crippen molar-refractivity contribution in [3.63, 3.8) is 0 Å². The fourth-order valence-corrected chi connectivity index (χ4v) is 1.83. The van der Waals surface area contributed by atoms with Gasteiger partial charge in [-0.25, -0.2) is 24.4 Å². The first-order valence-corrected chi connectivity index (χ1v) is 4.59. The molecule has 1 aliphatic rings. The highest BCUT2D eigenvalue weighted by Crippen LogP contribution is 2.23. The van der Waals surface area contributed by atoms with Crippen LogP contribution in [0.25, 0.3) is 0 Å². The van der Waals surface area contributed by atoms with Crippen LogP contribution in [0.1, 0.15) is 31.7 Å². The molecular formula is C8H11N3O3. The second kappa shape index (κ2) is 3.28. The van der Waals surface area contributed by atoms with Gasteiger partial charge in [0.25, 0.3) is 0 Å². The zero-order valence-electron chi connectivity index (χ0n) is 7.58. The van der Waals surface area contributed by atoms with E-state index >= 15 is 0 Å². The molecule has 0 spiro atoms. The van der Waals surface area contributed by atoms with Crippen LogP contribution in [0.4, 0.5) is 0 Å². The SMILES string of the molecule is O=C1CCC(n2c(=O)[nH][nH]c2=O)CC1. The predicted octanol–water partition coefficient (Wildman–Crippen LogP) is -0.451. The minimum Gasteiger partial charge on any atom is -0.300 e. The van der Waals surface area contributed by atoms with Gasteiger partial charge >= 0.3 is 11.4 Å². The molecule has 14 heavy (non-hydrogen) atoms. The lowest BCUT2D eigenvalue weighted by Crippen LogP contribution is -2.33. The third kappa shape index (κ3) is 1.43. The van der Waals surface area contributed by atoms with Gasteiger partial charge < -0.3 is 0 Å². The van der Waals surface area contributed by atoms with Crippen LogP contribution in [0.15, 0.2) is 9.59 Å². The Hall–Kier alpha value is -1.59. The molecule has 2 rings (SSSR count). The molecule has 0 amide bonds. The van der Waals surface area contributed by atoms with Crippen LogP contribution in [0.2, 0.25) is 0 Å². The lowest BCUT2D eigenvalue weighted by atomic mass is 9.94. The lowest BCUT2D eigenvalue weighted by molar-refractivity contribution is -0.120. The van der Waals surface area contributed by atoms with Crippen LogP contribution >= 0.6 is 0 Å². The van der Waals surface area contributed by atoms with Crippen molar-refractivity contribution in [2.24, 2.45) is 0 Å². The molecule has 0 aliphatic heterocycles. The highest BCUT2D eigenvalue weighted by atomic mass is 16.2. The van der Waals surface area contributed by atoms with Gasteiger partial charge in [0.15, 0.2) is 0 Å². The number of nitrogens with zero attached hydrogens (tertiary/aromatic N) is 1. The summed E-state index contributed by atoms with van der Waals surface area (Å²) in [5, 5.41) is 4.46. The van der Waals surface area contributed by atoms with Crippen molar-refractivity contribution >= 4 is 5.78 Å². The van der Waals surface area contributed by atoms with E-state index in [1.54, 1.807) is 0 Å². The van der Waals surface area contributed by atoms with Gasteiger partial charge in [0.1, 0.15) is 5.78 Å². The van der Waals surface area contributed by atoms with Crippen molar-refractivity contribution in [2.75, 3.05) is 0 Å². The number of aromatic nitrogens is 3. The van der Waals surface area contributed by atoms with Crippen molar-refractivity contribution < 1.29 is 4.79 Å². The summed E-state index contributed by atoms with van der Waals surface area (Å²) < 4.78 is 1.16. The molecule has 1 aliphatic carbocycles. The van der Waals surface area contributed by atoms with Crippen molar-refractivity contribution in [2.45, 2.75) is 31.7 Å². The van der Waals surface area contributed by atoms with Gasteiger partial charge in [-0.1, -0.05) is 0 Å². The largest absolute Gasteiger partial charge is 0.344 e. The average molecular weight is 197 g/mol. The second-order valence-electron chi connectivity index (χ2n) is 3.50. The summed E-state index contributed by atoms with van der Waals surface area (Å²) in [7, 11) is 0. The number of carbonyl (C=O) groups excluding carboxylic acids is 1. The quantitative estimate of drug-likeness (QED) is 0.639. The van der Waals surface area contributed by atoms with Crippen molar-refractivity contribution in [3.05, 3.63) is 21.0 Å². The molecule has 1 heterocycles. The van der Waals surface area contributed by atoms with Crippen molar-refractivity contribution in [1.82, 2.24) is 14.8 Å². The first-order chi connectivity index (χ1) is 6.68. The highest BCUT2D eigenvalue weighted by Gasteiger charge is 2.22. The number of Topliss-reactive ketones (excluding diaryl/α,β-unsaturated/α-hetero) is 1. The van der Waals surface area contributed by atoms with Gasteiger partial charge in [-0.3, -0.25) is 4.79 Å². The molecule has 0 saturated heterocycles. The number of aromatic amines is 2. The second-order valence-corrected chi connectivity index (χ2v) is 3.50. The Bertz CT molecular complexity index is 415. The van der Waals surface area contributed by atoms with E-state index in [2.05, 4.69) is 10.2 Å². The zero-order valence-corrected chi connectivity index (χ0v) is 7.58. The molecule has 1 aromatic heterocycles. The molecule has 0 atom stereocenters. The van der Waals surface area contributed by atoms with E-state index in [1.807, 2.05) is 0 Å². The molecule has 6 nitrogen and oxygen atoms in total. The normalized spacial score (nSPS) is 18.7. The van der Waals surface area contributed by atoms with Crippen LogP contribution in [-0.4, -0.2) is 20.5 Å². The fraction of sp³-hybridized carbons (Fsp3) is 0.625. The Labute approximate surface area is 78.9 Å². The first-order valence-electron chi connectivity index (χ1n) is 4.59. The standard InChI is InChI=1S/C8H11N3O3/c12-6-3-1-5(2-4-6)11-7(13)9-10-8(11)14/h5H,1-4H2,(H,9,13)(H,10,14). The summed E-state index contributed by atoms with van der Waals surface area (Å²) in [6, 6.07) is -0.129. The molecule has 1 aromatic rings. The van der Waals surface area contributed by atoms with Gasteiger partial charge in [-0.15, -0.1) is 0 Å². The Morgan fingerprint density at radius 3 is 2.00 bits per heavy atom. The van der Waals surface area contributed by atoms with Gasteiger partial charge in [0, 0.05) is 18.9 Å². The van der Waals surface area contributed by atoms with Crippen molar-refractivity contribution in [3.8, 4) is 0 Å². The van der Waals surface area contributed by atoms with Crippen LogP contribution in [-0.2, 0) is 4.79 Å². The summed E-state index contributed by atoms with van der Waals surface area (Å²) in [6.07, 6.45) is 2.09. The number of hydrogen-bond acceptors (Lipinski definition) is 3. The van der Waals surface area contributed by atoms with E-state index in [1.165, 1.54) is 0 Å². The van der Waals surface area contributed by atoms with Crippen molar-refractivity contribution in [1.29, 1.82) is 0 Å². The van der Waals surface area contributed by atoms with E-state index in [9.17, 15) is 14.4 Å². The fourth-order valence-electron chi connectivity index (χ4n) is 1.83. The molecule has 0 radical (unpaired) electrons. The van der Waals surface area contributed by atoms with Crippen LogP contribution in [0.3, 0.4) is 0 Å². The monoisotopic (exact) mass is 197 g/mol. The summed E-state index contributed by atoms with van der Waals surface area (Å²) in [6.45, 7) is 0. The Morgan fingerprint density at radius 2 is 1.50 bits per heavy atom. The van der Waals surface area contributed by atoms with Crippen LogP contribution in [0.5, 0.6) is 0 Å². The summed E-state index contributed by atoms with van der Waals surface area (Å²) in [5.41, 5.74) is -0.844. The topological polar surface area (TPSA) is 87.7 Å². The molecule has 6 heteroatoms. The lowest BCUT2D eigenvalue weighted by Gasteiger charge is -2.19. The molecule has 0 unspecified atom stereocenters. The summed E-state index contributed by atoms with van der Waals surface area (Å²) >= 11 is 0. The maximum atomic E-state index is 11.2. The maximum Gasteiger partial charge on any atom is 0.344 e. The number of rotatable bonds is 1. The van der Waals surface area contributed by atoms with Gasteiger partial charge in [-0.05, 0) is 12.8 Å². The Balaban J connectivity index is 2.28. The molecule has 1 saturated carbocycles. The summed E-state index contributed by atoms with van der Waals surface area (Å²) in [5.74, 6) is 0.210. The van der Waals surface area contributed by atoms with E-state index in [0.717, 1.165) is 4.57 Å². The van der Waals surface area contributed by atoms with E-state index in [4.69, 9.17) is 0 Å². The van der Waals surface area contributed by atoms with E-state index in [0.29, 0.717) is 25.7 Å². The Kier molecular flexibility index (Phi) is 2.11. The van der Waals surface area contributed by atoms with E-state index < -0.39 is 11.4 Å². The van der Waals surface area contributed by atoms with E-state index in [-0.39, 0.29) is 11.8 Å². The maximum absolute atomic E-state index is 11.2. The molecule has 76 valence electrons. The number of carbonyl (C=O) groups is 1. The van der Waals surface area contributed by atoms with Gasteiger partial charge in [0.05, 0.1) is 0 Å². The minimum atomic E-state index is -0.422. The number of nitrogens with one attached hydrogen (secondary N) is 2. The molecule has 0 bridgehead atoms. The molecular weight excluding hydrogens is 186 g/mol. The summed E-state index contributed by atoms with van der Waals surface area (Å²) in [4.78, 5) is 33.4. The zero-order chi connectivity index (χ0) is 10.1. The molecule has 0 aromatic carbocycles. The third-order valence-corrected chi connectivity index (χ3v) is 2.59. The third-order valence-electron chi connectivity index (χ3n) is 2.59. The van der Waals surface area contributed by atoms with Gasteiger partial charge in [0.2, 0.25) is 0 Å². The highest BCUT2D eigenvalue weighted by molar-refractivity contribution is 5.79. The smallest absolute Gasteiger partial charge is 0.300 e. The Morgan fingerprint density at radius 1 is 1.00 bits per heavy atom. The van der Waals surface area contributed by atoms with Crippen LogP contribution < -0.4 is 11.4 Å². The molecule has 2 N–H and O–H groups in total. The van der Waals surface area contributed by atoms with Crippen LogP contribution in [0, 0.1) is 0 Å². The number of ketones is 1. The first kappa shape index (κ1) is 8.98. The van der Waals surface area contributed by atoms with Gasteiger partial charge in [-0.2, -0.15) is 0 Å². The number of hydrogen-bond donors (Lipinski definition) is 2. The minimum absolute atomic E-state index is 0.129. The molecule has 1 fully saturated rings. The number of H-pyrrole nitrogens is 2. The predicted molar refractivity (Wildman–Crippen MR) is 48.2 cm³/mol.